The quantitative estimate of drug-likeness (QED) is 0.803. The Hall–Kier alpha value is -1.04. The molecule has 0 aliphatic carbocycles. The van der Waals surface area contributed by atoms with Crippen LogP contribution in [0.1, 0.15) is 5.56 Å². The van der Waals surface area contributed by atoms with Gasteiger partial charge in [-0.1, -0.05) is 28.1 Å². The van der Waals surface area contributed by atoms with Crippen molar-refractivity contribution in [2.75, 3.05) is 10.6 Å². The van der Waals surface area contributed by atoms with Crippen molar-refractivity contribution in [2.45, 2.75) is 11.3 Å². The molecule has 20 heavy (non-hydrogen) atoms. The minimum absolute atomic E-state index is 0.235. The molecule has 0 spiro atoms. The van der Waals surface area contributed by atoms with E-state index in [1.165, 1.54) is 0 Å². The third-order valence-corrected chi connectivity index (χ3v) is 4.83. The first kappa shape index (κ1) is 15.4. The van der Waals surface area contributed by atoms with E-state index in [0.29, 0.717) is 11.6 Å². The number of anilines is 1. The largest absolute Gasteiger partial charge is 0.280 e. The van der Waals surface area contributed by atoms with E-state index in [1.807, 2.05) is 0 Å². The van der Waals surface area contributed by atoms with Gasteiger partial charge in [0.1, 0.15) is 0 Å². The maximum absolute atomic E-state index is 12.2. The first-order valence-electron chi connectivity index (χ1n) is 5.94. The third-order valence-electron chi connectivity index (χ3n) is 2.71. The lowest BCUT2D eigenvalue weighted by molar-refractivity contribution is 0.601. The number of rotatable bonds is 5. The fraction of sp³-hybridized carbons (Fsp3) is 0.143. The molecule has 0 aliphatic rings. The number of halogens is 2. The number of hydrogen-bond acceptors (Lipinski definition) is 2. The van der Waals surface area contributed by atoms with E-state index in [2.05, 4.69) is 20.7 Å². The Bertz CT molecular complexity index is 669. The fourth-order valence-corrected chi connectivity index (χ4v) is 3.22. The normalized spacial score (nSPS) is 11.3. The zero-order valence-electron chi connectivity index (χ0n) is 10.5. The highest BCUT2D eigenvalue weighted by atomic mass is 79.9. The summed E-state index contributed by atoms with van der Waals surface area (Å²) in [6.45, 7) is 0. The van der Waals surface area contributed by atoms with Gasteiger partial charge in [-0.3, -0.25) is 4.72 Å². The van der Waals surface area contributed by atoms with Crippen LogP contribution in [0, 0.1) is 0 Å². The van der Waals surface area contributed by atoms with Gasteiger partial charge in [-0.05, 0) is 48.4 Å². The summed E-state index contributed by atoms with van der Waals surface area (Å²) < 4.78 is 27.8. The van der Waals surface area contributed by atoms with Crippen LogP contribution in [0.25, 0.3) is 0 Å². The lowest BCUT2D eigenvalue weighted by Gasteiger charge is -2.08. The predicted octanol–water partition coefficient (Wildman–Crippen LogP) is 4.03. The average molecular weight is 375 g/mol. The molecular formula is C14H13BrClNO2S. The second-order valence-corrected chi connectivity index (χ2v) is 7.17. The zero-order valence-corrected chi connectivity index (χ0v) is 13.7. The minimum Gasteiger partial charge on any atom is -0.280 e. The highest BCUT2D eigenvalue weighted by Crippen LogP contribution is 2.19. The lowest BCUT2D eigenvalue weighted by Crippen LogP contribution is -2.12. The van der Waals surface area contributed by atoms with E-state index < -0.39 is 10.0 Å². The molecule has 0 amide bonds. The monoisotopic (exact) mass is 373 g/mol. The third kappa shape index (κ3) is 3.98. The standard InChI is InChI=1S/C14H13BrClNO2S/c15-12-3-5-13(6-4-12)17-20(18,19)14-7-1-11(2-8-14)9-10-16/h1-8,17H,9-10H2. The van der Waals surface area contributed by atoms with Crippen LogP contribution in [0.5, 0.6) is 0 Å². The van der Waals surface area contributed by atoms with Crippen molar-refractivity contribution in [3.63, 3.8) is 0 Å². The highest BCUT2D eigenvalue weighted by Gasteiger charge is 2.13. The van der Waals surface area contributed by atoms with Crippen molar-refractivity contribution in [1.29, 1.82) is 0 Å². The van der Waals surface area contributed by atoms with Gasteiger partial charge in [-0.2, -0.15) is 0 Å². The van der Waals surface area contributed by atoms with E-state index >= 15 is 0 Å². The summed E-state index contributed by atoms with van der Waals surface area (Å²) in [4.78, 5) is 0.235. The first-order valence-corrected chi connectivity index (χ1v) is 8.75. The Balaban J connectivity index is 2.19. The summed E-state index contributed by atoms with van der Waals surface area (Å²) >= 11 is 8.96. The van der Waals surface area contributed by atoms with Crippen LogP contribution in [0.2, 0.25) is 0 Å². The maximum atomic E-state index is 12.2. The summed E-state index contributed by atoms with van der Waals surface area (Å²) in [5.74, 6) is 0.517. The Morgan fingerprint density at radius 3 is 2.15 bits per heavy atom. The maximum Gasteiger partial charge on any atom is 0.261 e. The van der Waals surface area contributed by atoms with Gasteiger partial charge < -0.3 is 0 Å². The second kappa shape index (κ2) is 6.61. The van der Waals surface area contributed by atoms with Gasteiger partial charge in [0.25, 0.3) is 10.0 Å². The molecule has 0 saturated carbocycles. The molecule has 2 rings (SSSR count). The van der Waals surface area contributed by atoms with Gasteiger partial charge in [0, 0.05) is 16.0 Å². The number of aryl methyl sites for hydroxylation is 1. The van der Waals surface area contributed by atoms with Crippen LogP contribution >= 0.6 is 27.5 Å². The molecule has 0 aromatic heterocycles. The Morgan fingerprint density at radius 2 is 1.60 bits per heavy atom. The number of hydrogen-bond donors (Lipinski definition) is 1. The number of nitrogens with one attached hydrogen (secondary N) is 1. The van der Waals surface area contributed by atoms with Crippen molar-refractivity contribution in [2.24, 2.45) is 0 Å². The highest BCUT2D eigenvalue weighted by molar-refractivity contribution is 9.10. The number of alkyl halides is 1. The van der Waals surface area contributed by atoms with E-state index in [1.54, 1.807) is 48.5 Å². The summed E-state index contributed by atoms with van der Waals surface area (Å²) in [6, 6.07) is 13.7. The van der Waals surface area contributed by atoms with E-state index in [9.17, 15) is 8.42 Å². The molecule has 0 radical (unpaired) electrons. The van der Waals surface area contributed by atoms with Crippen LogP contribution in [0.3, 0.4) is 0 Å². The van der Waals surface area contributed by atoms with Crippen LogP contribution in [0.4, 0.5) is 5.69 Å². The lowest BCUT2D eigenvalue weighted by atomic mass is 10.2. The smallest absolute Gasteiger partial charge is 0.261 e. The molecule has 0 bridgehead atoms. The molecule has 0 aliphatic heterocycles. The molecule has 0 heterocycles. The van der Waals surface area contributed by atoms with Gasteiger partial charge in [0.15, 0.2) is 0 Å². The molecule has 6 heteroatoms. The van der Waals surface area contributed by atoms with Gasteiger partial charge in [0.2, 0.25) is 0 Å². The predicted molar refractivity (Wildman–Crippen MR) is 85.8 cm³/mol. The van der Waals surface area contributed by atoms with Crippen molar-refractivity contribution in [3.8, 4) is 0 Å². The molecule has 0 unspecified atom stereocenters. The van der Waals surface area contributed by atoms with E-state index in [-0.39, 0.29) is 4.90 Å². The van der Waals surface area contributed by atoms with E-state index in [0.717, 1.165) is 16.5 Å². The van der Waals surface area contributed by atoms with Gasteiger partial charge in [-0.25, -0.2) is 8.42 Å². The molecule has 0 atom stereocenters. The average Bonchev–Trinajstić information content (AvgIpc) is 2.42. The molecule has 0 fully saturated rings. The molecule has 106 valence electrons. The molecule has 3 nitrogen and oxygen atoms in total. The number of benzene rings is 2. The zero-order chi connectivity index (χ0) is 14.6. The van der Waals surface area contributed by atoms with Crippen LogP contribution in [-0.4, -0.2) is 14.3 Å². The Kier molecular flexibility index (Phi) is 5.07. The van der Waals surface area contributed by atoms with Crippen molar-refractivity contribution in [1.82, 2.24) is 0 Å². The van der Waals surface area contributed by atoms with Crippen molar-refractivity contribution in [3.05, 3.63) is 58.6 Å². The second-order valence-electron chi connectivity index (χ2n) is 4.20. The summed E-state index contributed by atoms with van der Waals surface area (Å²) in [7, 11) is -3.56. The van der Waals surface area contributed by atoms with Crippen LogP contribution in [-0.2, 0) is 16.4 Å². The van der Waals surface area contributed by atoms with Gasteiger partial charge in [-0.15, -0.1) is 11.6 Å². The Labute approximate surface area is 132 Å². The Morgan fingerprint density at radius 1 is 1.00 bits per heavy atom. The van der Waals surface area contributed by atoms with Gasteiger partial charge in [0.05, 0.1) is 4.90 Å². The molecule has 2 aromatic rings. The summed E-state index contributed by atoms with van der Waals surface area (Å²) in [5.41, 5.74) is 1.54. The van der Waals surface area contributed by atoms with Crippen LogP contribution < -0.4 is 4.72 Å². The SMILES string of the molecule is O=S(=O)(Nc1ccc(Br)cc1)c1ccc(CCCl)cc1. The minimum atomic E-state index is -3.56. The topological polar surface area (TPSA) is 46.2 Å². The molecule has 0 saturated heterocycles. The summed E-state index contributed by atoms with van der Waals surface area (Å²) in [6.07, 6.45) is 0.724. The number of sulfonamides is 1. The molecule has 1 N–H and O–H groups in total. The fourth-order valence-electron chi connectivity index (χ4n) is 1.68. The van der Waals surface area contributed by atoms with Crippen molar-refractivity contribution >= 4 is 43.2 Å². The molecular weight excluding hydrogens is 362 g/mol. The first-order chi connectivity index (χ1) is 9.51. The van der Waals surface area contributed by atoms with Gasteiger partial charge >= 0.3 is 0 Å². The van der Waals surface area contributed by atoms with Crippen molar-refractivity contribution < 1.29 is 8.42 Å². The molecule has 2 aromatic carbocycles. The van der Waals surface area contributed by atoms with Crippen LogP contribution in [0.15, 0.2) is 57.9 Å². The summed E-state index contributed by atoms with van der Waals surface area (Å²) in [5, 5.41) is 0. The van der Waals surface area contributed by atoms with E-state index in [4.69, 9.17) is 11.6 Å².